The van der Waals surface area contributed by atoms with Crippen molar-refractivity contribution < 1.29 is 0 Å². The lowest BCUT2D eigenvalue weighted by Crippen LogP contribution is -2.10. The molecule has 0 bridgehead atoms. The van der Waals surface area contributed by atoms with Gasteiger partial charge in [-0.1, -0.05) is 11.6 Å². The van der Waals surface area contributed by atoms with E-state index in [0.717, 1.165) is 17.6 Å². The Morgan fingerprint density at radius 3 is 2.85 bits per heavy atom. The molecule has 0 unspecified atom stereocenters. The lowest BCUT2D eigenvalue weighted by molar-refractivity contribution is 0.713. The van der Waals surface area contributed by atoms with Gasteiger partial charge in [0.1, 0.15) is 0 Å². The number of nitrogens with two attached hydrogens (primary N) is 1. The Balaban J connectivity index is 0.00000144. The molecule has 1 aromatic rings. The third kappa shape index (κ3) is 4.06. The number of hydrogen-bond acceptors (Lipinski definition) is 2. The van der Waals surface area contributed by atoms with E-state index in [-0.39, 0.29) is 18.4 Å². The van der Waals surface area contributed by atoms with E-state index in [4.69, 9.17) is 5.73 Å². The molecule has 0 aliphatic heterocycles. The lowest BCUT2D eigenvalue weighted by Gasteiger charge is -2.10. The van der Waals surface area contributed by atoms with E-state index < -0.39 is 0 Å². The van der Waals surface area contributed by atoms with Crippen LogP contribution in [0.4, 0.5) is 0 Å². The van der Waals surface area contributed by atoms with Crippen LogP contribution < -0.4 is 5.73 Å². The van der Waals surface area contributed by atoms with Gasteiger partial charge in [-0.25, -0.2) is 0 Å². The fraction of sp³-hybridized carbons (Fsp3) is 0.300. The Morgan fingerprint density at radius 1 is 1.69 bits per heavy atom. The first-order chi connectivity index (χ1) is 5.70. The smallest absolute Gasteiger partial charge is 0.0347 e. The maximum atomic E-state index is 5.90. The molecule has 0 aliphatic carbocycles. The summed E-state index contributed by atoms with van der Waals surface area (Å²) in [6, 6.07) is 3.92. The number of halogens is 1. The standard InChI is InChI=1S/C10H14N2.ClH/c1-8(2)6-10(11)9-4-3-5-12-7-9;/h3-5,7,10H,1,6,11H2,2H3;1H/t10-;/m1./s1. The molecule has 3 heteroatoms. The zero-order valence-corrected chi connectivity index (χ0v) is 8.55. The van der Waals surface area contributed by atoms with Crippen molar-refractivity contribution >= 4 is 12.4 Å². The van der Waals surface area contributed by atoms with Crippen LogP contribution in [0.5, 0.6) is 0 Å². The first kappa shape index (κ1) is 12.1. The van der Waals surface area contributed by atoms with Crippen molar-refractivity contribution in [2.24, 2.45) is 5.73 Å². The first-order valence-corrected chi connectivity index (χ1v) is 4.00. The summed E-state index contributed by atoms with van der Waals surface area (Å²) in [6.45, 7) is 5.80. The molecule has 2 N–H and O–H groups in total. The zero-order valence-electron chi connectivity index (χ0n) is 7.73. The lowest BCUT2D eigenvalue weighted by atomic mass is 10.0. The second kappa shape index (κ2) is 5.73. The number of pyridine rings is 1. The van der Waals surface area contributed by atoms with Crippen LogP contribution in [0, 0.1) is 0 Å². The summed E-state index contributed by atoms with van der Waals surface area (Å²) in [5.74, 6) is 0. The SMILES string of the molecule is C=C(C)C[C@@H](N)c1cccnc1.Cl. The van der Waals surface area contributed by atoms with Crippen LogP contribution in [-0.4, -0.2) is 4.98 Å². The molecule has 0 saturated carbocycles. The summed E-state index contributed by atoms with van der Waals surface area (Å²) in [7, 11) is 0. The molecule has 0 amide bonds. The van der Waals surface area contributed by atoms with Crippen molar-refractivity contribution in [3.63, 3.8) is 0 Å². The Kier molecular flexibility index (Phi) is 5.35. The minimum atomic E-state index is 0. The highest BCUT2D eigenvalue weighted by atomic mass is 35.5. The van der Waals surface area contributed by atoms with Crippen molar-refractivity contribution in [1.29, 1.82) is 0 Å². The van der Waals surface area contributed by atoms with Crippen molar-refractivity contribution in [3.05, 3.63) is 42.2 Å². The van der Waals surface area contributed by atoms with Gasteiger partial charge in [-0.3, -0.25) is 4.98 Å². The van der Waals surface area contributed by atoms with Crippen molar-refractivity contribution in [2.45, 2.75) is 19.4 Å². The second-order valence-electron chi connectivity index (χ2n) is 3.05. The van der Waals surface area contributed by atoms with Crippen LogP contribution in [0.25, 0.3) is 0 Å². The summed E-state index contributed by atoms with van der Waals surface area (Å²) in [5, 5.41) is 0. The van der Waals surface area contributed by atoms with E-state index in [1.807, 2.05) is 19.1 Å². The summed E-state index contributed by atoms with van der Waals surface area (Å²) in [6.07, 6.45) is 4.37. The zero-order chi connectivity index (χ0) is 8.97. The van der Waals surface area contributed by atoms with Gasteiger partial charge in [-0.15, -0.1) is 19.0 Å². The Hall–Kier alpha value is -0.860. The van der Waals surface area contributed by atoms with Gasteiger partial charge in [0.25, 0.3) is 0 Å². The second-order valence-corrected chi connectivity index (χ2v) is 3.05. The average Bonchev–Trinajstić information content (AvgIpc) is 2.05. The van der Waals surface area contributed by atoms with E-state index in [1.54, 1.807) is 12.4 Å². The van der Waals surface area contributed by atoms with Crippen molar-refractivity contribution in [1.82, 2.24) is 4.98 Å². The van der Waals surface area contributed by atoms with Gasteiger partial charge in [0, 0.05) is 18.4 Å². The van der Waals surface area contributed by atoms with Gasteiger partial charge in [0.15, 0.2) is 0 Å². The normalized spacial score (nSPS) is 11.5. The van der Waals surface area contributed by atoms with Crippen LogP contribution in [0.2, 0.25) is 0 Å². The van der Waals surface area contributed by atoms with E-state index in [2.05, 4.69) is 11.6 Å². The monoisotopic (exact) mass is 198 g/mol. The Morgan fingerprint density at radius 2 is 2.38 bits per heavy atom. The van der Waals surface area contributed by atoms with Crippen molar-refractivity contribution in [3.8, 4) is 0 Å². The Bertz CT molecular complexity index is 259. The maximum Gasteiger partial charge on any atom is 0.0347 e. The molecular formula is C10H15ClN2. The highest BCUT2D eigenvalue weighted by molar-refractivity contribution is 5.85. The molecule has 2 nitrogen and oxygen atoms in total. The van der Waals surface area contributed by atoms with Gasteiger partial charge >= 0.3 is 0 Å². The highest BCUT2D eigenvalue weighted by Gasteiger charge is 2.04. The van der Waals surface area contributed by atoms with E-state index >= 15 is 0 Å². The average molecular weight is 199 g/mol. The van der Waals surface area contributed by atoms with Crippen LogP contribution in [0.1, 0.15) is 24.9 Å². The van der Waals surface area contributed by atoms with E-state index in [1.165, 1.54) is 0 Å². The van der Waals surface area contributed by atoms with Crippen molar-refractivity contribution in [2.75, 3.05) is 0 Å². The molecule has 0 aromatic carbocycles. The fourth-order valence-corrected chi connectivity index (χ4v) is 1.09. The summed E-state index contributed by atoms with van der Waals surface area (Å²) < 4.78 is 0. The topological polar surface area (TPSA) is 38.9 Å². The minimum Gasteiger partial charge on any atom is -0.324 e. The van der Waals surface area contributed by atoms with E-state index in [0.29, 0.717) is 0 Å². The fourth-order valence-electron chi connectivity index (χ4n) is 1.09. The molecule has 1 heterocycles. The predicted molar refractivity (Wildman–Crippen MR) is 57.8 cm³/mol. The van der Waals surface area contributed by atoms with E-state index in [9.17, 15) is 0 Å². The molecule has 1 aromatic heterocycles. The maximum absolute atomic E-state index is 5.90. The Labute approximate surface area is 85.3 Å². The molecule has 0 spiro atoms. The molecule has 13 heavy (non-hydrogen) atoms. The highest BCUT2D eigenvalue weighted by Crippen LogP contribution is 2.15. The number of rotatable bonds is 3. The van der Waals surface area contributed by atoms with Gasteiger partial charge < -0.3 is 5.73 Å². The van der Waals surface area contributed by atoms with Crippen LogP contribution >= 0.6 is 12.4 Å². The van der Waals surface area contributed by atoms with Crippen LogP contribution in [0.3, 0.4) is 0 Å². The minimum absolute atomic E-state index is 0. The molecule has 1 atom stereocenters. The van der Waals surface area contributed by atoms with Gasteiger partial charge in [-0.2, -0.15) is 0 Å². The predicted octanol–water partition coefficient (Wildman–Crippen LogP) is 2.47. The molecule has 0 radical (unpaired) electrons. The first-order valence-electron chi connectivity index (χ1n) is 4.00. The number of nitrogens with zero attached hydrogens (tertiary/aromatic N) is 1. The van der Waals surface area contributed by atoms with Gasteiger partial charge in [-0.05, 0) is 25.0 Å². The molecule has 0 saturated heterocycles. The number of aromatic nitrogens is 1. The summed E-state index contributed by atoms with van der Waals surface area (Å²) in [4.78, 5) is 4.00. The molecule has 1 rings (SSSR count). The largest absolute Gasteiger partial charge is 0.324 e. The third-order valence-electron chi connectivity index (χ3n) is 1.68. The van der Waals surface area contributed by atoms with Crippen LogP contribution in [0.15, 0.2) is 36.7 Å². The molecular weight excluding hydrogens is 184 g/mol. The molecule has 72 valence electrons. The van der Waals surface area contributed by atoms with Gasteiger partial charge in [0.2, 0.25) is 0 Å². The summed E-state index contributed by atoms with van der Waals surface area (Å²) >= 11 is 0. The quantitative estimate of drug-likeness (QED) is 0.758. The van der Waals surface area contributed by atoms with Gasteiger partial charge in [0.05, 0.1) is 0 Å². The molecule has 0 aliphatic rings. The molecule has 0 fully saturated rings. The van der Waals surface area contributed by atoms with Crippen LogP contribution in [-0.2, 0) is 0 Å². The third-order valence-corrected chi connectivity index (χ3v) is 1.68. The summed E-state index contributed by atoms with van der Waals surface area (Å²) in [5.41, 5.74) is 8.07. The number of hydrogen-bond donors (Lipinski definition) is 1.